The number of allylic oxidation sites excluding steroid dienone is 5. The van der Waals surface area contributed by atoms with E-state index in [0.29, 0.717) is 22.7 Å². The fourth-order valence-corrected chi connectivity index (χ4v) is 8.36. The molecule has 6 atom stereocenters. The predicted molar refractivity (Wildman–Crippen MR) is 135 cm³/mol. The van der Waals surface area contributed by atoms with E-state index in [9.17, 15) is 5.11 Å². The van der Waals surface area contributed by atoms with E-state index < -0.39 is 0 Å². The second-order valence-electron chi connectivity index (χ2n) is 12.7. The lowest BCUT2D eigenvalue weighted by Crippen LogP contribution is -2.58. The zero-order chi connectivity index (χ0) is 23.0. The van der Waals surface area contributed by atoms with Gasteiger partial charge in [0.25, 0.3) is 0 Å². The third-order valence-electron chi connectivity index (χ3n) is 10.2. The summed E-state index contributed by atoms with van der Waals surface area (Å²) in [5.74, 6) is 2.12. The van der Waals surface area contributed by atoms with Crippen molar-refractivity contribution >= 4 is 0 Å². The van der Waals surface area contributed by atoms with E-state index in [1.165, 1.54) is 61.7 Å². The van der Waals surface area contributed by atoms with Crippen LogP contribution in [0.25, 0.3) is 0 Å². The van der Waals surface area contributed by atoms with Crippen LogP contribution in [0.4, 0.5) is 0 Å². The maximum atomic E-state index is 10.7. The summed E-state index contributed by atoms with van der Waals surface area (Å²) >= 11 is 0. The Kier molecular flexibility index (Phi) is 7.37. The first-order valence-corrected chi connectivity index (χ1v) is 13.1. The van der Waals surface area contributed by atoms with E-state index in [1.54, 1.807) is 0 Å². The van der Waals surface area contributed by atoms with Gasteiger partial charge < -0.3 is 5.11 Å². The van der Waals surface area contributed by atoms with Crippen molar-refractivity contribution in [2.45, 2.75) is 119 Å². The molecule has 1 nitrogen and oxygen atoms in total. The molecule has 3 aliphatic rings. The van der Waals surface area contributed by atoms with Gasteiger partial charge in [-0.3, -0.25) is 0 Å². The van der Waals surface area contributed by atoms with Crippen LogP contribution in [0.2, 0.25) is 0 Å². The topological polar surface area (TPSA) is 20.2 Å². The minimum absolute atomic E-state index is 0.0528. The Morgan fingerprint density at radius 1 is 0.839 bits per heavy atom. The molecule has 1 heteroatoms. The lowest BCUT2D eigenvalue weighted by molar-refractivity contribution is -0.166. The summed E-state index contributed by atoms with van der Waals surface area (Å²) in [6.45, 7) is 21.1. The van der Waals surface area contributed by atoms with E-state index in [-0.39, 0.29) is 11.5 Å². The largest absolute Gasteiger partial charge is 0.393 e. The fourth-order valence-electron chi connectivity index (χ4n) is 8.36. The number of aliphatic hydroxyl groups excluding tert-OH is 1. The van der Waals surface area contributed by atoms with Crippen molar-refractivity contribution in [2.75, 3.05) is 0 Å². The first kappa shape index (κ1) is 24.8. The highest BCUT2D eigenvalue weighted by atomic mass is 16.3. The zero-order valence-electron chi connectivity index (χ0n) is 21.7. The normalized spacial score (nSPS) is 39.5. The molecule has 31 heavy (non-hydrogen) atoms. The maximum Gasteiger partial charge on any atom is 0.0594 e. The Balaban J connectivity index is 1.64. The van der Waals surface area contributed by atoms with Gasteiger partial charge in [0.15, 0.2) is 0 Å². The van der Waals surface area contributed by atoms with E-state index in [1.807, 2.05) is 0 Å². The van der Waals surface area contributed by atoms with Crippen LogP contribution in [0.15, 0.2) is 35.5 Å². The quantitative estimate of drug-likeness (QED) is 0.404. The molecule has 0 aromatic carbocycles. The molecule has 0 spiro atoms. The van der Waals surface area contributed by atoms with Crippen LogP contribution >= 0.6 is 0 Å². The maximum absolute atomic E-state index is 10.7. The molecular weight excluding hydrogens is 376 g/mol. The van der Waals surface area contributed by atoms with Gasteiger partial charge in [-0.15, -0.1) is 0 Å². The molecule has 3 fully saturated rings. The SMILES string of the molecule is C=C(CCC=C(C)CCC=C(C)C)C1CCC2C1(C)CCC1C(C)(C)C(O)CCC12C. The van der Waals surface area contributed by atoms with Crippen molar-refractivity contribution < 1.29 is 5.11 Å². The second kappa shape index (κ2) is 9.20. The highest BCUT2D eigenvalue weighted by Gasteiger charge is 2.63. The monoisotopic (exact) mass is 426 g/mol. The Labute approximate surface area is 193 Å². The number of rotatable bonds is 7. The molecule has 176 valence electrons. The molecule has 3 rings (SSSR count). The summed E-state index contributed by atoms with van der Waals surface area (Å²) in [7, 11) is 0. The third kappa shape index (κ3) is 4.64. The molecule has 0 radical (unpaired) electrons. The van der Waals surface area contributed by atoms with Crippen LogP contribution in [0.1, 0.15) is 113 Å². The van der Waals surface area contributed by atoms with E-state index in [2.05, 4.69) is 67.2 Å². The molecule has 0 amide bonds. The van der Waals surface area contributed by atoms with Crippen LogP contribution < -0.4 is 0 Å². The predicted octanol–water partition coefficient (Wildman–Crippen LogP) is 8.65. The molecule has 3 aliphatic carbocycles. The lowest BCUT2D eigenvalue weighted by atomic mass is 9.42. The molecular formula is C30H50O. The van der Waals surface area contributed by atoms with Crippen LogP contribution in [0, 0.1) is 34.0 Å². The standard InChI is InChI=1S/C30H50O/c1-21(2)11-9-12-22(3)13-10-14-23(4)24-15-16-26-29(24,7)19-17-25-28(5,6)27(31)18-20-30(25,26)8/h11,13,24-27,31H,4,9-10,12,14-20H2,1-3,5-8H3. The molecule has 0 saturated heterocycles. The van der Waals surface area contributed by atoms with Gasteiger partial charge in [-0.2, -0.15) is 0 Å². The summed E-state index contributed by atoms with van der Waals surface area (Å²) in [6, 6.07) is 0. The number of fused-ring (bicyclic) bond motifs is 3. The molecule has 0 aromatic rings. The van der Waals surface area contributed by atoms with E-state index in [0.717, 1.165) is 25.2 Å². The Morgan fingerprint density at radius 3 is 2.16 bits per heavy atom. The van der Waals surface area contributed by atoms with Crippen molar-refractivity contribution in [1.82, 2.24) is 0 Å². The lowest BCUT2D eigenvalue weighted by Gasteiger charge is -2.63. The van der Waals surface area contributed by atoms with Gasteiger partial charge in [0, 0.05) is 0 Å². The second-order valence-corrected chi connectivity index (χ2v) is 12.7. The minimum Gasteiger partial charge on any atom is -0.393 e. The van der Waals surface area contributed by atoms with E-state index >= 15 is 0 Å². The fraction of sp³-hybridized carbons (Fsp3) is 0.800. The van der Waals surface area contributed by atoms with Gasteiger partial charge in [0.2, 0.25) is 0 Å². The summed E-state index contributed by atoms with van der Waals surface area (Å²) in [5.41, 5.74) is 5.30. The van der Waals surface area contributed by atoms with Gasteiger partial charge in [-0.25, -0.2) is 0 Å². The Bertz CT molecular complexity index is 721. The highest BCUT2D eigenvalue weighted by Crippen LogP contribution is 2.70. The van der Waals surface area contributed by atoms with E-state index in [4.69, 9.17) is 0 Å². The van der Waals surface area contributed by atoms with Gasteiger partial charge in [0.1, 0.15) is 0 Å². The Morgan fingerprint density at radius 2 is 1.48 bits per heavy atom. The minimum atomic E-state index is -0.131. The molecule has 0 aliphatic heterocycles. The summed E-state index contributed by atoms with van der Waals surface area (Å²) in [5, 5.41) is 10.7. The molecule has 1 N–H and O–H groups in total. The summed E-state index contributed by atoms with van der Waals surface area (Å²) in [6.07, 6.45) is 16.8. The third-order valence-corrected chi connectivity index (χ3v) is 10.2. The molecule has 6 unspecified atom stereocenters. The van der Waals surface area contributed by atoms with Crippen molar-refractivity contribution in [3.63, 3.8) is 0 Å². The van der Waals surface area contributed by atoms with Gasteiger partial charge in [-0.05, 0) is 119 Å². The van der Waals surface area contributed by atoms with Crippen LogP contribution in [0.3, 0.4) is 0 Å². The van der Waals surface area contributed by atoms with Crippen molar-refractivity contribution in [3.05, 3.63) is 35.5 Å². The molecule has 3 saturated carbocycles. The molecule has 0 heterocycles. The average Bonchev–Trinajstić information content (AvgIpc) is 3.03. The smallest absolute Gasteiger partial charge is 0.0594 e. The zero-order valence-corrected chi connectivity index (χ0v) is 21.7. The van der Waals surface area contributed by atoms with Gasteiger partial charge in [0.05, 0.1) is 6.10 Å². The van der Waals surface area contributed by atoms with Crippen molar-refractivity contribution in [2.24, 2.45) is 34.0 Å². The number of hydrogen-bond acceptors (Lipinski definition) is 1. The van der Waals surface area contributed by atoms with Crippen LogP contribution in [-0.2, 0) is 0 Å². The number of hydrogen-bond donors (Lipinski definition) is 1. The van der Waals surface area contributed by atoms with Gasteiger partial charge >= 0.3 is 0 Å². The first-order valence-electron chi connectivity index (χ1n) is 13.1. The molecule has 0 bridgehead atoms. The number of aliphatic hydroxyl groups is 1. The highest BCUT2D eigenvalue weighted by molar-refractivity contribution is 5.19. The summed E-state index contributed by atoms with van der Waals surface area (Å²) in [4.78, 5) is 0. The van der Waals surface area contributed by atoms with Crippen molar-refractivity contribution in [1.29, 1.82) is 0 Å². The first-order chi connectivity index (χ1) is 14.4. The molecule has 0 aromatic heterocycles. The van der Waals surface area contributed by atoms with Crippen molar-refractivity contribution in [3.8, 4) is 0 Å². The van der Waals surface area contributed by atoms with Crippen LogP contribution in [0.5, 0.6) is 0 Å². The van der Waals surface area contributed by atoms with Crippen LogP contribution in [-0.4, -0.2) is 11.2 Å². The van der Waals surface area contributed by atoms with Gasteiger partial charge in [-0.1, -0.05) is 63.1 Å². The summed E-state index contributed by atoms with van der Waals surface area (Å²) < 4.78 is 0. The average molecular weight is 427 g/mol. The Hall–Kier alpha value is -0.820.